The SMILES string of the molecule is C[C@@H]1COCCN1c1cc(C2(S(C)(=O)=O)CC2)c(C=N)c(Nc2cc[nH]n2)n1. The van der Waals surface area contributed by atoms with E-state index in [-0.39, 0.29) is 6.04 Å². The van der Waals surface area contributed by atoms with Crippen LogP contribution in [0.15, 0.2) is 18.3 Å². The number of anilines is 3. The van der Waals surface area contributed by atoms with Gasteiger partial charge in [0.15, 0.2) is 15.7 Å². The lowest BCUT2D eigenvalue weighted by Crippen LogP contribution is -2.44. The Morgan fingerprint density at radius 3 is 2.82 bits per heavy atom. The van der Waals surface area contributed by atoms with Gasteiger partial charge in [-0.25, -0.2) is 13.4 Å². The first-order chi connectivity index (χ1) is 13.4. The number of nitrogens with zero attached hydrogens (tertiary/aromatic N) is 3. The third kappa shape index (κ3) is 3.16. The second-order valence-electron chi connectivity index (χ2n) is 7.40. The van der Waals surface area contributed by atoms with Crippen LogP contribution in [0.1, 0.15) is 30.9 Å². The lowest BCUT2D eigenvalue weighted by molar-refractivity contribution is 0.0985. The molecule has 150 valence electrons. The van der Waals surface area contributed by atoms with E-state index in [4.69, 9.17) is 15.1 Å². The van der Waals surface area contributed by atoms with Gasteiger partial charge in [-0.1, -0.05) is 0 Å². The van der Waals surface area contributed by atoms with Crippen LogP contribution in [0.4, 0.5) is 17.5 Å². The van der Waals surface area contributed by atoms with Crippen molar-refractivity contribution >= 4 is 33.5 Å². The fourth-order valence-corrected chi connectivity index (χ4v) is 5.19. The highest BCUT2D eigenvalue weighted by Gasteiger charge is 2.55. The number of hydrogen-bond acceptors (Lipinski definition) is 8. The van der Waals surface area contributed by atoms with Crippen molar-refractivity contribution < 1.29 is 13.2 Å². The third-order valence-electron chi connectivity index (χ3n) is 5.50. The average Bonchev–Trinajstić information content (AvgIpc) is 3.33. The molecule has 2 aromatic heterocycles. The van der Waals surface area contributed by atoms with Gasteiger partial charge in [-0.2, -0.15) is 5.10 Å². The molecular formula is C18H24N6O3S. The molecule has 0 unspecified atom stereocenters. The van der Waals surface area contributed by atoms with Crippen LogP contribution in [0, 0.1) is 5.41 Å². The summed E-state index contributed by atoms with van der Waals surface area (Å²) in [5, 5.41) is 17.9. The van der Waals surface area contributed by atoms with Crippen molar-refractivity contribution in [2.75, 3.05) is 36.2 Å². The molecule has 2 fully saturated rings. The van der Waals surface area contributed by atoms with Crippen LogP contribution < -0.4 is 10.2 Å². The molecule has 1 aliphatic heterocycles. The standard InChI is InChI=1S/C18H24N6O3S/c1-12-11-27-8-7-24(12)16-9-14(18(4-5-18)28(2,25)26)13(10-19)17(22-16)21-15-3-6-20-23-15/h3,6,9-10,12,19H,4-5,7-8,11H2,1-2H3,(H2,20,21,22,23)/t12-/m1/s1. The fourth-order valence-electron chi connectivity index (χ4n) is 3.78. The number of rotatable bonds is 6. The molecule has 3 N–H and O–H groups in total. The van der Waals surface area contributed by atoms with Gasteiger partial charge in [0.2, 0.25) is 0 Å². The van der Waals surface area contributed by atoms with Crippen LogP contribution >= 0.6 is 0 Å². The second kappa shape index (κ2) is 6.85. The average molecular weight is 404 g/mol. The molecule has 4 rings (SSSR count). The quantitative estimate of drug-likeness (QED) is 0.627. The number of pyridine rings is 1. The highest BCUT2D eigenvalue weighted by atomic mass is 32.2. The van der Waals surface area contributed by atoms with Crippen LogP contribution in [-0.4, -0.2) is 61.9 Å². The Hall–Kier alpha value is -2.46. The topological polar surface area (TPSA) is 124 Å². The summed E-state index contributed by atoms with van der Waals surface area (Å²) >= 11 is 0. The maximum atomic E-state index is 12.6. The number of ether oxygens (including phenoxy) is 1. The fraction of sp³-hybridized carbons (Fsp3) is 0.500. The van der Waals surface area contributed by atoms with Gasteiger partial charge in [0.25, 0.3) is 0 Å². The molecule has 2 aliphatic rings. The van der Waals surface area contributed by atoms with E-state index in [1.54, 1.807) is 12.3 Å². The van der Waals surface area contributed by atoms with Gasteiger partial charge in [0.05, 0.1) is 24.0 Å². The third-order valence-corrected chi connectivity index (χ3v) is 7.55. The van der Waals surface area contributed by atoms with Crippen LogP contribution in [-0.2, 0) is 19.3 Å². The number of morpholine rings is 1. The van der Waals surface area contributed by atoms with Crippen LogP contribution in [0.25, 0.3) is 0 Å². The Kier molecular flexibility index (Phi) is 4.62. The summed E-state index contributed by atoms with van der Waals surface area (Å²) in [7, 11) is -3.34. The first kappa shape index (κ1) is 18.9. The number of sulfone groups is 1. The molecule has 0 aromatic carbocycles. The van der Waals surface area contributed by atoms with Crippen molar-refractivity contribution in [1.82, 2.24) is 15.2 Å². The first-order valence-electron chi connectivity index (χ1n) is 9.22. The Labute approximate surface area is 163 Å². The van der Waals surface area contributed by atoms with Gasteiger partial charge in [0, 0.05) is 36.8 Å². The van der Waals surface area contributed by atoms with Crippen molar-refractivity contribution in [1.29, 1.82) is 5.41 Å². The Morgan fingerprint density at radius 1 is 1.46 bits per heavy atom. The highest BCUT2D eigenvalue weighted by Crippen LogP contribution is 2.54. The van der Waals surface area contributed by atoms with Crippen LogP contribution in [0.3, 0.4) is 0 Å². The lowest BCUT2D eigenvalue weighted by atomic mass is 10.0. The van der Waals surface area contributed by atoms with E-state index >= 15 is 0 Å². The van der Waals surface area contributed by atoms with Gasteiger partial charge in [-0.05, 0) is 31.4 Å². The molecule has 1 aliphatic carbocycles. The molecule has 0 radical (unpaired) electrons. The molecule has 3 heterocycles. The lowest BCUT2D eigenvalue weighted by Gasteiger charge is -2.35. The maximum Gasteiger partial charge on any atom is 0.157 e. The first-order valence-corrected chi connectivity index (χ1v) is 11.1. The van der Waals surface area contributed by atoms with Crippen molar-refractivity contribution in [2.45, 2.75) is 30.6 Å². The molecule has 0 amide bonds. The Balaban J connectivity index is 1.88. The molecule has 1 atom stereocenters. The van der Waals surface area contributed by atoms with Crippen molar-refractivity contribution in [3.63, 3.8) is 0 Å². The van der Waals surface area contributed by atoms with E-state index in [9.17, 15) is 8.42 Å². The minimum absolute atomic E-state index is 0.117. The summed E-state index contributed by atoms with van der Waals surface area (Å²) < 4.78 is 29.8. The Morgan fingerprint density at radius 2 is 2.25 bits per heavy atom. The molecular weight excluding hydrogens is 380 g/mol. The van der Waals surface area contributed by atoms with E-state index in [2.05, 4.69) is 27.3 Å². The largest absolute Gasteiger partial charge is 0.377 e. The van der Waals surface area contributed by atoms with Gasteiger partial charge in [-0.3, -0.25) is 5.10 Å². The zero-order valence-corrected chi connectivity index (χ0v) is 16.7. The number of aromatic amines is 1. The van der Waals surface area contributed by atoms with Gasteiger partial charge in [0.1, 0.15) is 11.6 Å². The van der Waals surface area contributed by atoms with Crippen molar-refractivity contribution in [3.8, 4) is 0 Å². The smallest absolute Gasteiger partial charge is 0.157 e. The summed E-state index contributed by atoms with van der Waals surface area (Å²) in [5.41, 5.74) is 1.11. The summed E-state index contributed by atoms with van der Waals surface area (Å²) in [5.74, 6) is 1.67. The van der Waals surface area contributed by atoms with Crippen molar-refractivity contribution in [3.05, 3.63) is 29.5 Å². The molecule has 10 heteroatoms. The van der Waals surface area contributed by atoms with E-state index in [0.29, 0.717) is 61.2 Å². The number of hydrogen-bond donors (Lipinski definition) is 3. The van der Waals surface area contributed by atoms with E-state index in [1.807, 2.05) is 6.07 Å². The number of aromatic nitrogens is 3. The predicted octanol–water partition coefficient (Wildman–Crippen LogP) is 1.80. The molecule has 0 bridgehead atoms. The molecule has 2 aromatic rings. The van der Waals surface area contributed by atoms with Gasteiger partial charge >= 0.3 is 0 Å². The summed E-state index contributed by atoms with van der Waals surface area (Å²) in [6.07, 6.45) is 5.23. The summed E-state index contributed by atoms with van der Waals surface area (Å²) in [4.78, 5) is 6.86. The Bertz CT molecular complexity index is 985. The summed E-state index contributed by atoms with van der Waals surface area (Å²) in [6.45, 7) is 3.90. The highest BCUT2D eigenvalue weighted by molar-refractivity contribution is 7.92. The zero-order valence-electron chi connectivity index (χ0n) is 15.9. The number of H-pyrrole nitrogens is 1. The van der Waals surface area contributed by atoms with E-state index in [0.717, 1.165) is 0 Å². The second-order valence-corrected chi connectivity index (χ2v) is 9.73. The zero-order chi connectivity index (χ0) is 19.9. The molecule has 1 saturated heterocycles. The van der Waals surface area contributed by atoms with Gasteiger partial charge < -0.3 is 20.4 Å². The molecule has 9 nitrogen and oxygen atoms in total. The predicted molar refractivity (Wildman–Crippen MR) is 107 cm³/mol. The normalized spacial score (nSPS) is 21.4. The van der Waals surface area contributed by atoms with E-state index < -0.39 is 14.6 Å². The minimum Gasteiger partial charge on any atom is -0.377 e. The molecule has 0 spiro atoms. The van der Waals surface area contributed by atoms with Crippen LogP contribution in [0.5, 0.6) is 0 Å². The van der Waals surface area contributed by atoms with Crippen molar-refractivity contribution in [2.24, 2.45) is 0 Å². The maximum absolute atomic E-state index is 12.6. The van der Waals surface area contributed by atoms with E-state index in [1.165, 1.54) is 12.5 Å². The van der Waals surface area contributed by atoms with Crippen LogP contribution in [0.2, 0.25) is 0 Å². The monoisotopic (exact) mass is 404 g/mol. The summed E-state index contributed by atoms with van der Waals surface area (Å²) in [6, 6.07) is 3.71. The molecule has 28 heavy (non-hydrogen) atoms. The number of nitrogens with one attached hydrogen (secondary N) is 3. The minimum atomic E-state index is -3.34. The van der Waals surface area contributed by atoms with Gasteiger partial charge in [-0.15, -0.1) is 0 Å². The molecule has 1 saturated carbocycles.